The molecule has 0 unspecified atom stereocenters. The number of hydrogen-bond acceptors (Lipinski definition) is 4. The van der Waals surface area contributed by atoms with E-state index in [1.165, 1.54) is 0 Å². The third kappa shape index (κ3) is 1.89. The summed E-state index contributed by atoms with van der Waals surface area (Å²) in [6.07, 6.45) is 0. The van der Waals surface area contributed by atoms with Crippen molar-refractivity contribution in [1.29, 1.82) is 0 Å². The van der Waals surface area contributed by atoms with Crippen LogP contribution in [0, 0.1) is 27.7 Å². The molecule has 0 aromatic carbocycles. The van der Waals surface area contributed by atoms with Crippen molar-refractivity contribution in [1.82, 2.24) is 19.9 Å². The molecular formula is C18H16N4O4. The van der Waals surface area contributed by atoms with Crippen LogP contribution in [0.4, 0.5) is 0 Å². The van der Waals surface area contributed by atoms with Crippen molar-refractivity contribution in [2.24, 2.45) is 0 Å². The van der Waals surface area contributed by atoms with Gasteiger partial charge in [0.05, 0.1) is 0 Å². The predicted octanol–water partition coefficient (Wildman–Crippen LogP) is 1.13. The van der Waals surface area contributed by atoms with Crippen molar-refractivity contribution in [2.75, 3.05) is 0 Å². The van der Waals surface area contributed by atoms with E-state index in [4.69, 9.17) is 0 Å². The molecule has 0 amide bonds. The van der Waals surface area contributed by atoms with E-state index >= 15 is 0 Å². The van der Waals surface area contributed by atoms with Gasteiger partial charge in [-0.1, -0.05) is 0 Å². The minimum Gasteiger partial charge on any atom is -0.354 e. The first-order valence-corrected chi connectivity index (χ1v) is 8.07. The summed E-state index contributed by atoms with van der Waals surface area (Å²) in [5.41, 5.74) is 0.451. The zero-order valence-electron chi connectivity index (χ0n) is 14.6. The Morgan fingerprint density at radius 3 is 1.04 bits per heavy atom. The van der Waals surface area contributed by atoms with Crippen LogP contribution in [0.5, 0.6) is 0 Å². The largest absolute Gasteiger partial charge is 0.354 e. The number of aromatic nitrogens is 4. The Kier molecular flexibility index (Phi) is 3.12. The Morgan fingerprint density at radius 2 is 0.692 bits per heavy atom. The lowest BCUT2D eigenvalue weighted by Gasteiger charge is -2.08. The Morgan fingerprint density at radius 1 is 0.423 bits per heavy atom. The second-order valence-electron chi connectivity index (χ2n) is 6.57. The molecular weight excluding hydrogens is 336 g/mol. The highest BCUT2D eigenvalue weighted by Gasteiger charge is 2.17. The fourth-order valence-electron chi connectivity index (χ4n) is 3.17. The van der Waals surface area contributed by atoms with Gasteiger partial charge in [0, 0.05) is 22.5 Å². The molecule has 0 radical (unpaired) electrons. The Labute approximate surface area is 144 Å². The summed E-state index contributed by atoms with van der Waals surface area (Å²) in [5.74, 6) is 0. The van der Waals surface area contributed by atoms with E-state index in [2.05, 4.69) is 19.9 Å². The van der Waals surface area contributed by atoms with E-state index in [1.54, 1.807) is 27.7 Å². The lowest BCUT2D eigenvalue weighted by atomic mass is 10.1. The van der Waals surface area contributed by atoms with Gasteiger partial charge in [-0.3, -0.25) is 19.2 Å². The van der Waals surface area contributed by atoms with Crippen molar-refractivity contribution < 1.29 is 0 Å². The maximum Gasteiger partial charge on any atom is 0.229 e. The van der Waals surface area contributed by atoms with Crippen LogP contribution in [-0.4, -0.2) is 19.9 Å². The van der Waals surface area contributed by atoms with Crippen LogP contribution >= 0.6 is 0 Å². The van der Waals surface area contributed by atoms with Crippen LogP contribution in [-0.2, 0) is 0 Å². The van der Waals surface area contributed by atoms with E-state index in [0.717, 1.165) is 0 Å². The molecule has 0 spiro atoms. The Hall–Kier alpha value is -3.42. The molecule has 4 aromatic heterocycles. The van der Waals surface area contributed by atoms with Crippen LogP contribution in [0.1, 0.15) is 22.5 Å². The quantitative estimate of drug-likeness (QED) is 0.353. The highest BCUT2D eigenvalue weighted by atomic mass is 16.1. The molecule has 0 aliphatic heterocycles. The molecule has 0 aliphatic carbocycles. The van der Waals surface area contributed by atoms with Gasteiger partial charge in [0.1, 0.15) is 33.1 Å². The third-order valence-corrected chi connectivity index (χ3v) is 5.04. The van der Waals surface area contributed by atoms with Gasteiger partial charge in [-0.15, -0.1) is 0 Å². The molecule has 0 bridgehead atoms. The highest BCUT2D eigenvalue weighted by molar-refractivity contribution is 5.94. The van der Waals surface area contributed by atoms with Crippen molar-refractivity contribution in [3.05, 3.63) is 63.4 Å². The molecule has 132 valence electrons. The van der Waals surface area contributed by atoms with Crippen LogP contribution in [0.3, 0.4) is 0 Å². The first-order valence-electron chi connectivity index (χ1n) is 8.07. The van der Waals surface area contributed by atoms with Crippen molar-refractivity contribution in [2.45, 2.75) is 27.7 Å². The number of aryl methyl sites for hydroxylation is 2. The third-order valence-electron chi connectivity index (χ3n) is 5.04. The molecule has 0 fully saturated rings. The molecule has 8 nitrogen and oxygen atoms in total. The first-order chi connectivity index (χ1) is 12.2. The number of pyridine rings is 4. The average Bonchev–Trinajstić information content (AvgIpc) is 2.61. The van der Waals surface area contributed by atoms with Gasteiger partial charge in [-0.2, -0.15) is 0 Å². The molecule has 8 heteroatoms. The highest BCUT2D eigenvalue weighted by Crippen LogP contribution is 2.12. The van der Waals surface area contributed by atoms with Crippen LogP contribution in [0.2, 0.25) is 0 Å². The maximum absolute atomic E-state index is 12.9. The fraction of sp³-hybridized carbons (Fsp3) is 0.222. The summed E-state index contributed by atoms with van der Waals surface area (Å²) in [7, 11) is 0. The monoisotopic (exact) mass is 352 g/mol. The van der Waals surface area contributed by atoms with E-state index in [-0.39, 0.29) is 44.0 Å². The summed E-state index contributed by atoms with van der Waals surface area (Å²) in [5, 5.41) is 0. The number of H-pyrrole nitrogens is 4. The summed E-state index contributed by atoms with van der Waals surface area (Å²) >= 11 is 0. The summed E-state index contributed by atoms with van der Waals surface area (Å²) < 4.78 is 0. The standard InChI is InChI=1S/C18H16N4O4/c1-5-7(3)19-11-9(15(5)23)21-13-14(17(11)25)22-10-12(18(13)26)20-8(4)6(2)16(10)24/h1-4H3,(H,19,23)(H,20,24)(H,21,25)(H,22,26). The number of aromatic amines is 4. The molecule has 0 atom stereocenters. The topological polar surface area (TPSA) is 131 Å². The zero-order chi connectivity index (χ0) is 18.9. The normalized spacial score (nSPS) is 11.7. The molecule has 0 saturated heterocycles. The number of rotatable bonds is 0. The zero-order valence-corrected chi connectivity index (χ0v) is 14.6. The lowest BCUT2D eigenvalue weighted by molar-refractivity contribution is 1.15. The van der Waals surface area contributed by atoms with Crippen LogP contribution in [0.15, 0.2) is 19.2 Å². The Balaban J connectivity index is 2.38. The SMILES string of the molecule is Cc1[nH]c2c(=O)c3[nH]c4c(=O)c(C)c(C)[nH]c4c(=O)c3[nH]c2c(=O)c1C. The van der Waals surface area contributed by atoms with Crippen molar-refractivity contribution in [3.63, 3.8) is 0 Å². The minimum absolute atomic E-state index is 0.0392. The molecule has 26 heavy (non-hydrogen) atoms. The van der Waals surface area contributed by atoms with Crippen molar-refractivity contribution >= 4 is 33.1 Å². The number of hydrogen-bond donors (Lipinski definition) is 4. The Bertz CT molecular complexity index is 1380. The van der Waals surface area contributed by atoms with Gasteiger partial charge in [0.2, 0.25) is 21.7 Å². The van der Waals surface area contributed by atoms with E-state index in [9.17, 15) is 19.2 Å². The van der Waals surface area contributed by atoms with Gasteiger partial charge in [0.15, 0.2) is 0 Å². The van der Waals surface area contributed by atoms with E-state index in [0.29, 0.717) is 22.5 Å². The first kappa shape index (κ1) is 16.1. The van der Waals surface area contributed by atoms with Gasteiger partial charge in [0.25, 0.3) is 0 Å². The molecule has 0 aliphatic rings. The second kappa shape index (κ2) is 5.04. The molecule has 4 rings (SSSR count). The lowest BCUT2D eigenvalue weighted by Crippen LogP contribution is -2.23. The average molecular weight is 352 g/mol. The smallest absolute Gasteiger partial charge is 0.229 e. The van der Waals surface area contributed by atoms with Gasteiger partial charge >= 0.3 is 0 Å². The summed E-state index contributed by atoms with van der Waals surface area (Å²) in [6, 6.07) is 0. The minimum atomic E-state index is -0.537. The van der Waals surface area contributed by atoms with E-state index < -0.39 is 10.9 Å². The van der Waals surface area contributed by atoms with E-state index in [1.807, 2.05) is 0 Å². The number of fused-ring (bicyclic) bond motifs is 3. The maximum atomic E-state index is 12.9. The van der Waals surface area contributed by atoms with Gasteiger partial charge in [-0.25, -0.2) is 0 Å². The van der Waals surface area contributed by atoms with Gasteiger partial charge < -0.3 is 19.9 Å². The molecule has 4 aromatic rings. The van der Waals surface area contributed by atoms with Gasteiger partial charge in [-0.05, 0) is 27.7 Å². The fourth-order valence-corrected chi connectivity index (χ4v) is 3.17. The number of nitrogens with one attached hydrogen (secondary N) is 4. The molecule has 4 N–H and O–H groups in total. The molecule has 0 saturated carbocycles. The van der Waals surface area contributed by atoms with Crippen molar-refractivity contribution in [3.8, 4) is 0 Å². The summed E-state index contributed by atoms with van der Waals surface area (Å²) in [4.78, 5) is 62.2. The van der Waals surface area contributed by atoms with Crippen LogP contribution < -0.4 is 21.7 Å². The molecule has 4 heterocycles. The second-order valence-corrected chi connectivity index (χ2v) is 6.57. The summed E-state index contributed by atoms with van der Waals surface area (Å²) in [6.45, 7) is 6.67. The van der Waals surface area contributed by atoms with Crippen LogP contribution in [0.25, 0.3) is 33.1 Å². The predicted molar refractivity (Wildman–Crippen MR) is 100 cm³/mol.